The van der Waals surface area contributed by atoms with Gasteiger partial charge in [0.2, 0.25) is 5.88 Å². The lowest BCUT2D eigenvalue weighted by molar-refractivity contribution is 0.392. The summed E-state index contributed by atoms with van der Waals surface area (Å²) in [4.78, 5) is 4.92. The number of aromatic nitrogens is 2. The summed E-state index contributed by atoms with van der Waals surface area (Å²) in [5.74, 6) is 0.291. The lowest BCUT2D eigenvalue weighted by Gasteiger charge is -2.16. The van der Waals surface area contributed by atoms with Crippen molar-refractivity contribution < 1.29 is 13.5 Å². The van der Waals surface area contributed by atoms with Gasteiger partial charge in [-0.05, 0) is 53.9 Å². The summed E-state index contributed by atoms with van der Waals surface area (Å²) in [6.45, 7) is 2.15. The highest BCUT2D eigenvalue weighted by molar-refractivity contribution is 7.91. The molecule has 0 unspecified atom stereocenters. The normalized spacial score (nSPS) is 14.5. The molecule has 0 bridgehead atoms. The van der Waals surface area contributed by atoms with Crippen molar-refractivity contribution in [1.82, 2.24) is 14.3 Å². The van der Waals surface area contributed by atoms with Gasteiger partial charge in [0, 0.05) is 28.9 Å². The number of allylic oxidation sites excluding steroid dienone is 1. The molecular formula is C29H26Cl2N4O3S. The fourth-order valence-corrected chi connectivity index (χ4v) is 5.84. The van der Waals surface area contributed by atoms with Gasteiger partial charge in [-0.2, -0.15) is 8.42 Å². The molecule has 0 saturated carbocycles. The number of aliphatic hydroxyl groups excluding tert-OH is 1. The first-order valence-electron chi connectivity index (χ1n) is 12.4. The average molecular weight is 582 g/mol. The maximum absolute atomic E-state index is 12.4. The number of nitrogens with zero attached hydrogens (tertiary/aromatic N) is 3. The zero-order valence-corrected chi connectivity index (χ0v) is 23.4. The van der Waals surface area contributed by atoms with Gasteiger partial charge >= 0.3 is 10.2 Å². The van der Waals surface area contributed by atoms with Crippen LogP contribution in [0, 0.1) is 0 Å². The predicted octanol–water partition coefficient (Wildman–Crippen LogP) is 7.26. The lowest BCUT2D eigenvalue weighted by atomic mass is 10.1. The molecule has 2 N–H and O–H groups in total. The summed E-state index contributed by atoms with van der Waals surface area (Å²) in [5.41, 5.74) is 4.64. The molecule has 1 aliphatic rings. The Balaban J connectivity index is 1.55. The Bertz CT molecular complexity index is 1680. The summed E-state index contributed by atoms with van der Waals surface area (Å²) in [5, 5.41) is 10.7. The molecule has 10 heteroatoms. The number of hydrogen-bond donors (Lipinski definition) is 2. The first-order valence-corrected chi connectivity index (χ1v) is 14.6. The molecule has 0 aliphatic carbocycles. The Morgan fingerprint density at radius 3 is 2.49 bits per heavy atom. The van der Waals surface area contributed by atoms with Crippen molar-refractivity contribution >= 4 is 45.2 Å². The highest BCUT2D eigenvalue weighted by Crippen LogP contribution is 2.32. The quantitative estimate of drug-likeness (QED) is 0.229. The topological polar surface area (TPSA) is 87.5 Å². The standard InChI is InChI=1S/C29H26Cl2N4O3S/c1-2-3-4-6-20-9-11-21(12-10-20)15-28-32-27(25-14-13-22(30)16-26(25)31)18-34(28)23-7-5-8-24(17-23)35-19-29(36)33-39(35,37)38/h4-14,16-19,33,36H,2-3,15H2,1H3. The van der Waals surface area contributed by atoms with Crippen LogP contribution in [0.3, 0.4) is 0 Å². The summed E-state index contributed by atoms with van der Waals surface area (Å²) in [6.07, 6.45) is 9.96. The number of imidazole rings is 1. The SMILES string of the molecule is CCCC=Cc1ccc(Cc2nc(-c3ccc(Cl)cc3Cl)cn2-c2cccc(N3C=C(O)NS3(=O)=O)c2)cc1. The number of nitrogens with one attached hydrogen (secondary N) is 1. The van der Waals surface area contributed by atoms with E-state index in [1.807, 2.05) is 22.9 Å². The zero-order valence-electron chi connectivity index (χ0n) is 21.1. The molecule has 4 aromatic rings. The first kappa shape index (κ1) is 26.9. The van der Waals surface area contributed by atoms with Crippen LogP contribution in [0.15, 0.2) is 91.1 Å². The van der Waals surface area contributed by atoms with E-state index in [0.717, 1.165) is 45.9 Å². The molecule has 0 atom stereocenters. The maximum atomic E-state index is 12.4. The van der Waals surface area contributed by atoms with Crippen LogP contribution in [0.5, 0.6) is 0 Å². The number of unbranched alkanes of at least 4 members (excludes halogenated alkanes) is 1. The van der Waals surface area contributed by atoms with Crippen LogP contribution in [0.25, 0.3) is 23.0 Å². The Kier molecular flexibility index (Phi) is 7.70. The van der Waals surface area contributed by atoms with Crippen LogP contribution in [-0.4, -0.2) is 23.1 Å². The largest absolute Gasteiger partial charge is 0.493 e. The van der Waals surface area contributed by atoms with Gasteiger partial charge < -0.3 is 9.67 Å². The number of anilines is 1. The molecule has 1 aromatic heterocycles. The third kappa shape index (κ3) is 5.98. The zero-order chi connectivity index (χ0) is 27.6. The van der Waals surface area contributed by atoms with E-state index in [0.29, 0.717) is 33.5 Å². The van der Waals surface area contributed by atoms with Crippen molar-refractivity contribution in [2.75, 3.05) is 4.31 Å². The van der Waals surface area contributed by atoms with Crippen LogP contribution in [0.2, 0.25) is 10.0 Å². The molecular weight excluding hydrogens is 555 g/mol. The predicted molar refractivity (Wildman–Crippen MR) is 157 cm³/mol. The van der Waals surface area contributed by atoms with E-state index >= 15 is 0 Å². The van der Waals surface area contributed by atoms with Gasteiger partial charge in [-0.3, -0.25) is 0 Å². The molecule has 2 heterocycles. The third-order valence-corrected chi connectivity index (χ3v) is 8.04. The van der Waals surface area contributed by atoms with Gasteiger partial charge in [0.15, 0.2) is 0 Å². The van der Waals surface area contributed by atoms with Crippen LogP contribution >= 0.6 is 23.2 Å². The van der Waals surface area contributed by atoms with E-state index in [1.54, 1.807) is 30.3 Å². The van der Waals surface area contributed by atoms with Crippen molar-refractivity contribution in [3.63, 3.8) is 0 Å². The third-order valence-electron chi connectivity index (χ3n) is 6.19. The van der Waals surface area contributed by atoms with Crippen LogP contribution in [-0.2, 0) is 16.6 Å². The van der Waals surface area contributed by atoms with Gasteiger partial charge in [-0.1, -0.05) is 79.0 Å². The van der Waals surface area contributed by atoms with E-state index in [-0.39, 0.29) is 0 Å². The van der Waals surface area contributed by atoms with Gasteiger partial charge in [0.1, 0.15) is 5.82 Å². The van der Waals surface area contributed by atoms with Crippen molar-refractivity contribution in [1.29, 1.82) is 0 Å². The minimum Gasteiger partial charge on any atom is -0.493 e. The maximum Gasteiger partial charge on any atom is 0.330 e. The molecule has 0 saturated heterocycles. The number of aliphatic hydroxyl groups is 1. The van der Waals surface area contributed by atoms with Crippen LogP contribution < -0.4 is 9.03 Å². The van der Waals surface area contributed by atoms with Crippen molar-refractivity contribution in [3.8, 4) is 16.9 Å². The number of benzene rings is 3. The van der Waals surface area contributed by atoms with E-state index < -0.39 is 16.1 Å². The van der Waals surface area contributed by atoms with E-state index in [1.165, 1.54) is 0 Å². The fourth-order valence-electron chi connectivity index (χ4n) is 4.29. The van der Waals surface area contributed by atoms with Gasteiger partial charge in [0.05, 0.1) is 22.6 Å². The molecule has 39 heavy (non-hydrogen) atoms. The first-order chi connectivity index (χ1) is 18.7. The Morgan fingerprint density at radius 2 is 1.79 bits per heavy atom. The molecule has 3 aromatic carbocycles. The fraction of sp³-hybridized carbons (Fsp3) is 0.138. The molecule has 200 valence electrons. The summed E-state index contributed by atoms with van der Waals surface area (Å²) >= 11 is 12.6. The molecule has 0 amide bonds. The molecule has 1 aliphatic heterocycles. The Labute approximate surface area is 237 Å². The Hall–Kier alpha value is -3.72. The van der Waals surface area contributed by atoms with Crippen molar-refractivity contribution in [3.05, 3.63) is 118 Å². The number of halogens is 2. The van der Waals surface area contributed by atoms with E-state index in [4.69, 9.17) is 28.2 Å². The smallest absolute Gasteiger partial charge is 0.330 e. The second-order valence-corrected chi connectivity index (χ2v) is 11.5. The van der Waals surface area contributed by atoms with E-state index in [9.17, 15) is 13.5 Å². The molecule has 0 spiro atoms. The summed E-state index contributed by atoms with van der Waals surface area (Å²) in [6, 6.07) is 20.5. The molecule has 0 fully saturated rings. The summed E-state index contributed by atoms with van der Waals surface area (Å²) < 4.78 is 29.9. The van der Waals surface area contributed by atoms with Gasteiger partial charge in [0.25, 0.3) is 0 Å². The second kappa shape index (κ2) is 11.2. The highest BCUT2D eigenvalue weighted by Gasteiger charge is 2.29. The lowest BCUT2D eigenvalue weighted by Crippen LogP contribution is -2.29. The van der Waals surface area contributed by atoms with E-state index in [2.05, 4.69) is 48.1 Å². The molecule has 5 rings (SSSR count). The number of hydrogen-bond acceptors (Lipinski definition) is 4. The highest BCUT2D eigenvalue weighted by atomic mass is 35.5. The van der Waals surface area contributed by atoms with Gasteiger partial charge in [-0.15, -0.1) is 0 Å². The molecule has 0 radical (unpaired) electrons. The number of rotatable bonds is 8. The Morgan fingerprint density at radius 1 is 1.03 bits per heavy atom. The van der Waals surface area contributed by atoms with Crippen molar-refractivity contribution in [2.24, 2.45) is 0 Å². The monoisotopic (exact) mass is 580 g/mol. The summed E-state index contributed by atoms with van der Waals surface area (Å²) in [7, 11) is -3.93. The van der Waals surface area contributed by atoms with Crippen LogP contribution in [0.1, 0.15) is 36.7 Å². The van der Waals surface area contributed by atoms with Gasteiger partial charge in [-0.25, -0.2) is 14.0 Å². The minimum absolute atomic E-state index is 0.359. The minimum atomic E-state index is -3.93. The second-order valence-electron chi connectivity index (χ2n) is 9.08. The van der Waals surface area contributed by atoms with Crippen LogP contribution in [0.4, 0.5) is 5.69 Å². The molecule has 7 nitrogen and oxygen atoms in total. The average Bonchev–Trinajstić information content (AvgIpc) is 3.44. The van der Waals surface area contributed by atoms with Crippen molar-refractivity contribution in [2.45, 2.75) is 26.2 Å².